The Kier molecular flexibility index (Phi) is 7.51. The van der Waals surface area contributed by atoms with Gasteiger partial charge < -0.3 is 25.8 Å². The van der Waals surface area contributed by atoms with Gasteiger partial charge in [0.1, 0.15) is 5.82 Å². The predicted molar refractivity (Wildman–Crippen MR) is 145 cm³/mol. The minimum atomic E-state index is -0.942. The van der Waals surface area contributed by atoms with Crippen LogP contribution in [0.4, 0.5) is 10.6 Å². The molecule has 5 rings (SSSR count). The number of nitrogens with one attached hydrogen (secondary N) is 2. The molecule has 11 heteroatoms. The molecule has 3 amide bonds. The van der Waals surface area contributed by atoms with E-state index >= 15 is 0 Å². The Morgan fingerprint density at radius 3 is 2.42 bits per heavy atom. The molecular weight excluding hydrogens is 484 g/mol. The van der Waals surface area contributed by atoms with Crippen LogP contribution in [0.2, 0.25) is 0 Å². The van der Waals surface area contributed by atoms with E-state index in [-0.39, 0.29) is 17.8 Å². The van der Waals surface area contributed by atoms with Crippen molar-refractivity contribution < 1.29 is 9.59 Å². The van der Waals surface area contributed by atoms with Crippen LogP contribution in [-0.2, 0) is 11.2 Å². The summed E-state index contributed by atoms with van der Waals surface area (Å²) in [6.07, 6.45) is 2.57. The number of nitrogens with zero attached hydrogens (tertiary/aromatic N) is 5. The quantitative estimate of drug-likeness (QED) is 0.499. The van der Waals surface area contributed by atoms with Gasteiger partial charge in [-0.15, -0.1) is 0 Å². The van der Waals surface area contributed by atoms with Crippen molar-refractivity contribution in [3.63, 3.8) is 0 Å². The fourth-order valence-corrected chi connectivity index (χ4v) is 5.66. The third-order valence-corrected chi connectivity index (χ3v) is 7.81. The molecular formula is C27H38N8O3. The fourth-order valence-electron chi connectivity index (χ4n) is 5.66. The minimum Gasteiger partial charge on any atom is -0.338 e. The highest BCUT2D eigenvalue weighted by atomic mass is 16.2. The lowest BCUT2D eigenvalue weighted by molar-refractivity contribution is -0.137. The molecule has 11 nitrogen and oxygen atoms in total. The molecule has 3 fully saturated rings. The van der Waals surface area contributed by atoms with Crippen molar-refractivity contribution in [1.29, 1.82) is 0 Å². The Morgan fingerprint density at radius 2 is 1.76 bits per heavy atom. The van der Waals surface area contributed by atoms with Crippen LogP contribution in [0.5, 0.6) is 0 Å². The van der Waals surface area contributed by atoms with E-state index in [1.165, 1.54) is 10.1 Å². The highest BCUT2D eigenvalue weighted by Gasteiger charge is 2.35. The molecule has 3 aliphatic rings. The second kappa shape index (κ2) is 10.8. The van der Waals surface area contributed by atoms with E-state index < -0.39 is 11.2 Å². The van der Waals surface area contributed by atoms with Gasteiger partial charge in [-0.05, 0) is 69.0 Å². The largest absolute Gasteiger partial charge is 0.354 e. The summed E-state index contributed by atoms with van der Waals surface area (Å²) in [5.41, 5.74) is 6.44. The third kappa shape index (κ3) is 5.90. The summed E-state index contributed by atoms with van der Waals surface area (Å²) < 4.78 is 1.49. The number of likely N-dealkylation sites (tertiary alicyclic amines) is 1. The number of benzene rings is 1. The molecule has 204 valence electrons. The molecule has 0 radical (unpaired) electrons. The second-order valence-corrected chi connectivity index (χ2v) is 11.3. The zero-order chi connectivity index (χ0) is 26.9. The first-order valence-corrected chi connectivity index (χ1v) is 13.4. The van der Waals surface area contributed by atoms with Crippen LogP contribution in [0, 0.1) is 11.8 Å². The number of fused-ring (bicyclic) bond motifs is 1. The van der Waals surface area contributed by atoms with Crippen molar-refractivity contribution in [2.24, 2.45) is 17.6 Å². The van der Waals surface area contributed by atoms with E-state index in [1.807, 2.05) is 18.2 Å². The Morgan fingerprint density at radius 1 is 1.08 bits per heavy atom. The summed E-state index contributed by atoms with van der Waals surface area (Å²) >= 11 is 0. The molecule has 4 N–H and O–H groups in total. The topological polar surface area (TPSA) is 129 Å². The Hall–Kier alpha value is -3.28. The molecule has 0 bridgehead atoms. The van der Waals surface area contributed by atoms with E-state index in [1.54, 1.807) is 35.9 Å². The average molecular weight is 523 g/mol. The van der Waals surface area contributed by atoms with Gasteiger partial charge >= 0.3 is 11.7 Å². The molecule has 1 aromatic heterocycles. The Bertz CT molecular complexity index is 1220. The van der Waals surface area contributed by atoms with Gasteiger partial charge in [0.2, 0.25) is 5.91 Å². The number of aromatic nitrogens is 2. The maximum absolute atomic E-state index is 12.8. The summed E-state index contributed by atoms with van der Waals surface area (Å²) in [7, 11) is 0. The van der Waals surface area contributed by atoms with E-state index in [0.29, 0.717) is 26.2 Å². The monoisotopic (exact) mass is 522 g/mol. The lowest BCUT2D eigenvalue weighted by atomic mass is 10.0. The lowest BCUT2D eigenvalue weighted by Crippen LogP contribution is -2.58. The van der Waals surface area contributed by atoms with Crippen molar-refractivity contribution >= 4 is 17.8 Å². The number of piperazine rings is 1. The van der Waals surface area contributed by atoms with Gasteiger partial charge in [0.05, 0.1) is 11.2 Å². The van der Waals surface area contributed by atoms with Crippen LogP contribution < -0.4 is 22.1 Å². The molecule has 1 aromatic carbocycles. The van der Waals surface area contributed by atoms with Crippen LogP contribution in [0.1, 0.15) is 19.4 Å². The Labute approximate surface area is 223 Å². The molecule has 3 aliphatic heterocycles. The minimum absolute atomic E-state index is 0.136. The Balaban J connectivity index is 1.16. The zero-order valence-electron chi connectivity index (χ0n) is 22.2. The molecule has 0 saturated carbocycles. The first kappa shape index (κ1) is 26.3. The normalized spacial score (nSPS) is 22.0. The second-order valence-electron chi connectivity index (χ2n) is 11.3. The van der Waals surface area contributed by atoms with Crippen molar-refractivity contribution in [2.75, 3.05) is 64.2 Å². The van der Waals surface area contributed by atoms with Crippen molar-refractivity contribution in [3.8, 4) is 5.69 Å². The zero-order valence-corrected chi connectivity index (χ0v) is 22.2. The maximum Gasteiger partial charge on any atom is 0.354 e. The van der Waals surface area contributed by atoms with Crippen LogP contribution in [0.15, 0.2) is 41.3 Å². The number of hydrogen-bond donors (Lipinski definition) is 3. The van der Waals surface area contributed by atoms with Crippen LogP contribution >= 0.6 is 0 Å². The van der Waals surface area contributed by atoms with E-state index in [2.05, 4.69) is 26.6 Å². The van der Waals surface area contributed by atoms with Crippen molar-refractivity contribution in [1.82, 2.24) is 29.6 Å². The standard InChI is InChI=1S/C27H38N8O3/c1-27(2,28)24(36)33-10-12-34(13-11-33)25(37)30-23-7-9-35(26(38)31-23)22-5-3-4-19(14-22)6-8-32-17-20-15-29-16-21(20)18-32/h3-5,7,9,14,20-21,29H,6,8,10-13,15-18,28H2,1-2H3,(H,30,31,37,38). The first-order valence-electron chi connectivity index (χ1n) is 13.4. The van der Waals surface area contributed by atoms with Gasteiger partial charge in [0, 0.05) is 52.0 Å². The molecule has 2 aromatic rings. The molecule has 0 spiro atoms. The molecule has 3 saturated heterocycles. The number of carbonyl (C=O) groups excluding carboxylic acids is 2. The number of nitrogens with two attached hydrogens (primary N) is 1. The molecule has 2 atom stereocenters. The fraction of sp³-hybridized carbons (Fsp3) is 0.556. The van der Waals surface area contributed by atoms with Gasteiger partial charge in [0.25, 0.3) is 0 Å². The summed E-state index contributed by atoms with van der Waals surface area (Å²) in [4.78, 5) is 47.8. The number of hydrogen-bond acceptors (Lipinski definition) is 7. The molecule has 38 heavy (non-hydrogen) atoms. The van der Waals surface area contributed by atoms with Gasteiger partial charge in [-0.1, -0.05) is 12.1 Å². The van der Waals surface area contributed by atoms with Crippen molar-refractivity contribution in [3.05, 3.63) is 52.6 Å². The van der Waals surface area contributed by atoms with Gasteiger partial charge in [-0.3, -0.25) is 14.7 Å². The average Bonchev–Trinajstić information content (AvgIpc) is 3.49. The van der Waals surface area contributed by atoms with Crippen molar-refractivity contribution in [2.45, 2.75) is 25.8 Å². The highest BCUT2D eigenvalue weighted by molar-refractivity contribution is 5.89. The summed E-state index contributed by atoms with van der Waals surface area (Å²) in [6, 6.07) is 9.25. The molecule has 2 unspecified atom stereocenters. The maximum atomic E-state index is 12.8. The smallest absolute Gasteiger partial charge is 0.338 e. The number of anilines is 1. The van der Waals surface area contributed by atoms with Gasteiger partial charge in [-0.2, -0.15) is 4.98 Å². The van der Waals surface area contributed by atoms with Crippen LogP contribution in [0.25, 0.3) is 5.69 Å². The first-order chi connectivity index (χ1) is 18.2. The predicted octanol–water partition coefficient (Wildman–Crippen LogP) is 0.340. The number of carbonyl (C=O) groups is 2. The van der Waals surface area contributed by atoms with E-state index in [0.717, 1.165) is 56.7 Å². The summed E-state index contributed by atoms with van der Waals surface area (Å²) in [6.45, 7) is 10.5. The lowest BCUT2D eigenvalue weighted by Gasteiger charge is -2.37. The number of rotatable bonds is 6. The SMILES string of the molecule is CC(C)(N)C(=O)N1CCN(C(=O)Nc2ccn(-c3cccc(CCN4CC5CNCC5C4)c3)c(=O)n2)CC1. The van der Waals surface area contributed by atoms with E-state index in [4.69, 9.17) is 5.73 Å². The van der Waals surface area contributed by atoms with E-state index in [9.17, 15) is 14.4 Å². The van der Waals surface area contributed by atoms with Crippen LogP contribution in [-0.4, -0.2) is 101 Å². The van der Waals surface area contributed by atoms with Gasteiger partial charge in [-0.25, -0.2) is 9.59 Å². The highest BCUT2D eigenvalue weighted by Crippen LogP contribution is 2.26. The summed E-state index contributed by atoms with van der Waals surface area (Å²) in [5.74, 6) is 1.62. The molecule has 4 heterocycles. The summed E-state index contributed by atoms with van der Waals surface area (Å²) in [5, 5.41) is 6.19. The van der Waals surface area contributed by atoms with Crippen LogP contribution in [0.3, 0.4) is 0 Å². The molecule has 0 aliphatic carbocycles. The number of urea groups is 1. The third-order valence-electron chi connectivity index (χ3n) is 7.81. The van der Waals surface area contributed by atoms with Gasteiger partial charge in [0.15, 0.2) is 0 Å². The number of amides is 3.